The lowest BCUT2D eigenvalue weighted by Crippen LogP contribution is -2.27. The van der Waals surface area contributed by atoms with Gasteiger partial charge in [0, 0.05) is 17.6 Å². The van der Waals surface area contributed by atoms with Gasteiger partial charge in [-0.05, 0) is 48.1 Å². The summed E-state index contributed by atoms with van der Waals surface area (Å²) in [7, 11) is -3.57. The predicted octanol–water partition coefficient (Wildman–Crippen LogP) is 4.10. The van der Waals surface area contributed by atoms with E-state index >= 15 is 0 Å². The van der Waals surface area contributed by atoms with E-state index < -0.39 is 10.0 Å². The molecule has 0 saturated heterocycles. The molecule has 0 saturated carbocycles. The predicted molar refractivity (Wildman–Crippen MR) is 119 cm³/mol. The summed E-state index contributed by atoms with van der Waals surface area (Å²) in [6.45, 7) is 5.82. The molecule has 0 aliphatic rings. The van der Waals surface area contributed by atoms with Crippen molar-refractivity contribution in [2.24, 2.45) is 5.92 Å². The Bertz CT molecular complexity index is 1150. The Hall–Kier alpha value is -2.90. The molecule has 0 bridgehead atoms. The molecule has 3 rings (SSSR count). The van der Waals surface area contributed by atoms with Crippen LogP contribution in [-0.4, -0.2) is 27.5 Å². The van der Waals surface area contributed by atoms with E-state index in [4.69, 9.17) is 4.74 Å². The molecule has 0 aromatic heterocycles. The largest absolute Gasteiger partial charge is 0.483 e. The van der Waals surface area contributed by atoms with Crippen LogP contribution in [0.1, 0.15) is 19.4 Å². The number of aryl methyl sites for hydroxylation is 1. The first-order valence-corrected chi connectivity index (χ1v) is 11.3. The highest BCUT2D eigenvalue weighted by Crippen LogP contribution is 2.24. The van der Waals surface area contributed by atoms with Crippen molar-refractivity contribution in [1.82, 2.24) is 4.72 Å². The molecule has 30 heavy (non-hydrogen) atoms. The molecule has 3 aromatic carbocycles. The SMILES string of the molecule is Cc1cc(S(=O)(=O)NCC(C)C)ccc1OCC(=O)Nc1cccc2ccccc12. The molecule has 1 amide bonds. The number of rotatable bonds is 8. The average molecular weight is 427 g/mol. The molecule has 0 radical (unpaired) electrons. The first-order valence-electron chi connectivity index (χ1n) is 9.77. The summed E-state index contributed by atoms with van der Waals surface area (Å²) in [5.41, 5.74) is 1.36. The van der Waals surface area contributed by atoms with Crippen molar-refractivity contribution in [3.63, 3.8) is 0 Å². The zero-order valence-corrected chi connectivity index (χ0v) is 18.1. The minimum Gasteiger partial charge on any atom is -0.483 e. The molecule has 0 aliphatic heterocycles. The number of benzene rings is 3. The summed E-state index contributed by atoms with van der Waals surface area (Å²) in [4.78, 5) is 12.5. The van der Waals surface area contributed by atoms with Crippen LogP contribution in [0.4, 0.5) is 5.69 Å². The molecular weight excluding hydrogens is 400 g/mol. The number of carbonyl (C=O) groups excluding carboxylic acids is 1. The van der Waals surface area contributed by atoms with Crippen LogP contribution in [0.5, 0.6) is 5.75 Å². The van der Waals surface area contributed by atoms with Crippen LogP contribution < -0.4 is 14.8 Å². The number of hydrogen-bond donors (Lipinski definition) is 2. The first-order chi connectivity index (χ1) is 14.3. The molecule has 6 nitrogen and oxygen atoms in total. The summed E-state index contributed by atoms with van der Waals surface area (Å²) in [6, 6.07) is 18.1. The monoisotopic (exact) mass is 426 g/mol. The standard InChI is InChI=1S/C23H26N2O4S/c1-16(2)14-24-30(27,28)19-11-12-22(17(3)13-19)29-15-23(26)25-21-10-6-8-18-7-4-5-9-20(18)21/h4-13,16,24H,14-15H2,1-3H3,(H,25,26). The van der Waals surface area contributed by atoms with E-state index in [1.165, 1.54) is 6.07 Å². The van der Waals surface area contributed by atoms with Crippen molar-refractivity contribution in [2.75, 3.05) is 18.5 Å². The highest BCUT2D eigenvalue weighted by atomic mass is 32.2. The van der Waals surface area contributed by atoms with Crippen LogP contribution in [0, 0.1) is 12.8 Å². The van der Waals surface area contributed by atoms with Crippen molar-refractivity contribution in [2.45, 2.75) is 25.7 Å². The van der Waals surface area contributed by atoms with Crippen LogP contribution in [0.2, 0.25) is 0 Å². The van der Waals surface area contributed by atoms with Gasteiger partial charge in [-0.25, -0.2) is 13.1 Å². The van der Waals surface area contributed by atoms with E-state index in [1.807, 2.05) is 56.3 Å². The molecule has 0 aliphatic carbocycles. The number of fused-ring (bicyclic) bond motifs is 1. The summed E-state index contributed by atoms with van der Waals surface area (Å²) in [5.74, 6) is 0.385. The van der Waals surface area contributed by atoms with Gasteiger partial charge in [0.2, 0.25) is 10.0 Å². The van der Waals surface area contributed by atoms with Gasteiger partial charge in [-0.15, -0.1) is 0 Å². The second-order valence-electron chi connectivity index (χ2n) is 7.54. The normalized spacial score (nSPS) is 11.6. The smallest absolute Gasteiger partial charge is 0.262 e. The molecule has 158 valence electrons. The number of carbonyl (C=O) groups is 1. The third-order valence-corrected chi connectivity index (χ3v) is 5.98. The topological polar surface area (TPSA) is 84.5 Å². The van der Waals surface area contributed by atoms with E-state index in [0.29, 0.717) is 17.9 Å². The Kier molecular flexibility index (Phi) is 6.74. The summed E-state index contributed by atoms with van der Waals surface area (Å²) >= 11 is 0. The maximum absolute atomic E-state index is 12.4. The number of amides is 1. The van der Waals surface area contributed by atoms with E-state index in [-0.39, 0.29) is 23.3 Å². The number of ether oxygens (including phenoxy) is 1. The molecule has 0 atom stereocenters. The molecule has 3 aromatic rings. The quantitative estimate of drug-likeness (QED) is 0.568. The Morgan fingerprint density at radius 1 is 1.03 bits per heavy atom. The van der Waals surface area contributed by atoms with E-state index in [0.717, 1.165) is 16.5 Å². The van der Waals surface area contributed by atoms with Gasteiger partial charge < -0.3 is 10.1 Å². The van der Waals surface area contributed by atoms with Gasteiger partial charge in [0.05, 0.1) is 4.90 Å². The van der Waals surface area contributed by atoms with Gasteiger partial charge in [0.15, 0.2) is 6.61 Å². The Morgan fingerprint density at radius 3 is 2.50 bits per heavy atom. The second-order valence-corrected chi connectivity index (χ2v) is 9.30. The number of nitrogens with one attached hydrogen (secondary N) is 2. The maximum atomic E-state index is 12.4. The maximum Gasteiger partial charge on any atom is 0.262 e. The lowest BCUT2D eigenvalue weighted by Gasteiger charge is -2.13. The van der Waals surface area contributed by atoms with Crippen molar-refractivity contribution < 1.29 is 17.9 Å². The van der Waals surface area contributed by atoms with E-state index in [2.05, 4.69) is 10.0 Å². The molecule has 0 fully saturated rings. The zero-order chi connectivity index (χ0) is 21.7. The Balaban J connectivity index is 1.65. The van der Waals surface area contributed by atoms with Crippen LogP contribution in [-0.2, 0) is 14.8 Å². The Labute approximate surface area is 177 Å². The highest BCUT2D eigenvalue weighted by molar-refractivity contribution is 7.89. The van der Waals surface area contributed by atoms with Gasteiger partial charge in [-0.1, -0.05) is 50.2 Å². The zero-order valence-electron chi connectivity index (χ0n) is 17.3. The van der Waals surface area contributed by atoms with Crippen LogP contribution in [0.25, 0.3) is 10.8 Å². The number of hydrogen-bond acceptors (Lipinski definition) is 4. The van der Waals surface area contributed by atoms with Crippen LogP contribution in [0.3, 0.4) is 0 Å². The second kappa shape index (κ2) is 9.28. The molecular formula is C23H26N2O4S. The molecule has 0 spiro atoms. The third kappa shape index (κ3) is 5.37. The van der Waals surface area contributed by atoms with Gasteiger partial charge in [-0.2, -0.15) is 0 Å². The van der Waals surface area contributed by atoms with Crippen molar-refractivity contribution in [3.8, 4) is 5.75 Å². The van der Waals surface area contributed by atoms with Gasteiger partial charge in [0.1, 0.15) is 5.75 Å². The Morgan fingerprint density at radius 2 is 1.77 bits per heavy atom. The average Bonchev–Trinajstić information content (AvgIpc) is 2.71. The van der Waals surface area contributed by atoms with E-state index in [9.17, 15) is 13.2 Å². The fourth-order valence-electron chi connectivity index (χ4n) is 2.97. The third-order valence-electron chi connectivity index (χ3n) is 4.56. The van der Waals surface area contributed by atoms with Crippen molar-refractivity contribution in [3.05, 3.63) is 66.2 Å². The minimum absolute atomic E-state index is 0.174. The fourth-order valence-corrected chi connectivity index (χ4v) is 4.27. The van der Waals surface area contributed by atoms with Crippen molar-refractivity contribution in [1.29, 1.82) is 0 Å². The van der Waals surface area contributed by atoms with Gasteiger partial charge in [-0.3, -0.25) is 4.79 Å². The molecule has 2 N–H and O–H groups in total. The molecule has 7 heteroatoms. The molecule has 0 unspecified atom stereocenters. The molecule has 0 heterocycles. The fraction of sp³-hybridized carbons (Fsp3) is 0.261. The van der Waals surface area contributed by atoms with E-state index in [1.54, 1.807) is 19.1 Å². The summed E-state index contributed by atoms with van der Waals surface area (Å²) in [6.07, 6.45) is 0. The summed E-state index contributed by atoms with van der Waals surface area (Å²) in [5, 5.41) is 4.86. The summed E-state index contributed by atoms with van der Waals surface area (Å²) < 4.78 is 32.9. The van der Waals surface area contributed by atoms with Crippen molar-refractivity contribution >= 4 is 32.4 Å². The van der Waals surface area contributed by atoms with Gasteiger partial charge in [0.25, 0.3) is 5.91 Å². The van der Waals surface area contributed by atoms with Crippen LogP contribution >= 0.6 is 0 Å². The number of anilines is 1. The lowest BCUT2D eigenvalue weighted by molar-refractivity contribution is -0.118. The first kappa shape index (κ1) is 21.8. The minimum atomic E-state index is -3.57. The lowest BCUT2D eigenvalue weighted by atomic mass is 10.1. The van der Waals surface area contributed by atoms with Crippen LogP contribution in [0.15, 0.2) is 65.6 Å². The number of sulfonamides is 1. The highest BCUT2D eigenvalue weighted by Gasteiger charge is 2.16. The van der Waals surface area contributed by atoms with Gasteiger partial charge >= 0.3 is 0 Å².